The Labute approximate surface area is 149 Å². The molecule has 1 aliphatic heterocycles. The molecule has 0 spiro atoms. The predicted molar refractivity (Wildman–Crippen MR) is 101 cm³/mol. The van der Waals surface area contributed by atoms with Crippen LogP contribution in [-0.4, -0.2) is 53.3 Å². The second kappa shape index (κ2) is 9.02. The van der Waals surface area contributed by atoms with E-state index in [0.29, 0.717) is 18.6 Å². The summed E-state index contributed by atoms with van der Waals surface area (Å²) < 4.78 is 0. The van der Waals surface area contributed by atoms with Gasteiger partial charge in [0.05, 0.1) is 5.69 Å². The molecule has 1 aromatic heterocycles. The zero-order valence-corrected chi connectivity index (χ0v) is 15.5. The number of hydrogen-bond acceptors (Lipinski definition) is 6. The van der Waals surface area contributed by atoms with Crippen LogP contribution in [-0.2, 0) is 6.42 Å². The average Bonchev–Trinajstić information content (AvgIpc) is 2.65. The molecule has 0 saturated carbocycles. The quantitative estimate of drug-likeness (QED) is 0.737. The van der Waals surface area contributed by atoms with Crippen LogP contribution in [0.25, 0.3) is 0 Å². The molecule has 1 atom stereocenters. The standard InChI is InChI=1S/C18H30N4OS/c1-24-11-3-8-19-16-4-2-5-17-15(16)12-20-18(21-17)22-9-6-14(13-23)7-10-22/h12,14,16,19,23H,2-11,13H2,1H3/t16-/m1/s1. The van der Waals surface area contributed by atoms with Gasteiger partial charge in [0.25, 0.3) is 0 Å². The van der Waals surface area contributed by atoms with Gasteiger partial charge < -0.3 is 15.3 Å². The number of nitrogens with one attached hydrogen (secondary N) is 1. The van der Waals surface area contributed by atoms with Gasteiger partial charge in [-0.3, -0.25) is 0 Å². The molecule has 1 fully saturated rings. The van der Waals surface area contributed by atoms with Gasteiger partial charge >= 0.3 is 0 Å². The van der Waals surface area contributed by atoms with Crippen molar-refractivity contribution in [2.75, 3.05) is 43.1 Å². The number of rotatable bonds is 7. The molecule has 2 heterocycles. The van der Waals surface area contributed by atoms with Gasteiger partial charge in [-0.25, -0.2) is 9.97 Å². The monoisotopic (exact) mass is 350 g/mol. The van der Waals surface area contributed by atoms with Crippen LogP contribution in [0.1, 0.15) is 49.4 Å². The van der Waals surface area contributed by atoms with Crippen molar-refractivity contribution in [3.63, 3.8) is 0 Å². The van der Waals surface area contributed by atoms with Crippen LogP contribution < -0.4 is 10.2 Å². The van der Waals surface area contributed by atoms with Crippen LogP contribution >= 0.6 is 11.8 Å². The Hall–Kier alpha value is -0.850. The lowest BCUT2D eigenvalue weighted by molar-refractivity contribution is 0.202. The van der Waals surface area contributed by atoms with Gasteiger partial charge in [-0.1, -0.05) is 0 Å². The molecular formula is C18H30N4OS. The predicted octanol–water partition coefficient (Wildman–Crippen LogP) is 2.41. The molecule has 0 radical (unpaired) electrons. The van der Waals surface area contributed by atoms with E-state index >= 15 is 0 Å². The Morgan fingerprint density at radius 3 is 2.92 bits per heavy atom. The summed E-state index contributed by atoms with van der Waals surface area (Å²) in [4.78, 5) is 11.8. The van der Waals surface area contributed by atoms with Gasteiger partial charge in [0.2, 0.25) is 5.95 Å². The van der Waals surface area contributed by atoms with E-state index in [4.69, 9.17) is 4.98 Å². The molecule has 24 heavy (non-hydrogen) atoms. The number of aliphatic hydroxyl groups excluding tert-OH is 1. The average molecular weight is 351 g/mol. The molecule has 5 nitrogen and oxygen atoms in total. The smallest absolute Gasteiger partial charge is 0.225 e. The van der Waals surface area contributed by atoms with E-state index in [1.54, 1.807) is 0 Å². The Bertz CT molecular complexity index is 520. The van der Waals surface area contributed by atoms with Crippen molar-refractivity contribution >= 4 is 17.7 Å². The Kier molecular flexibility index (Phi) is 6.75. The Morgan fingerprint density at radius 1 is 1.33 bits per heavy atom. The van der Waals surface area contributed by atoms with Crippen LogP contribution in [0.15, 0.2) is 6.20 Å². The van der Waals surface area contributed by atoms with Crippen molar-refractivity contribution in [1.29, 1.82) is 0 Å². The summed E-state index contributed by atoms with van der Waals surface area (Å²) in [6.07, 6.45) is 11.0. The van der Waals surface area contributed by atoms with Crippen LogP contribution in [0.5, 0.6) is 0 Å². The van der Waals surface area contributed by atoms with Crippen LogP contribution in [0.4, 0.5) is 5.95 Å². The van der Waals surface area contributed by atoms with Crippen molar-refractivity contribution < 1.29 is 5.11 Å². The molecular weight excluding hydrogens is 320 g/mol. The van der Waals surface area contributed by atoms with Gasteiger partial charge in [0.15, 0.2) is 0 Å². The van der Waals surface area contributed by atoms with Gasteiger partial charge in [-0.15, -0.1) is 0 Å². The molecule has 0 amide bonds. The van der Waals surface area contributed by atoms with E-state index in [-0.39, 0.29) is 0 Å². The highest BCUT2D eigenvalue weighted by molar-refractivity contribution is 7.98. The lowest BCUT2D eigenvalue weighted by Gasteiger charge is -2.32. The normalized spacial score (nSPS) is 21.8. The highest BCUT2D eigenvalue weighted by Crippen LogP contribution is 2.30. The van der Waals surface area contributed by atoms with Crippen LogP contribution in [0.3, 0.4) is 0 Å². The maximum Gasteiger partial charge on any atom is 0.225 e. The molecule has 134 valence electrons. The Morgan fingerprint density at radius 2 is 2.17 bits per heavy atom. The van der Waals surface area contributed by atoms with E-state index in [0.717, 1.165) is 44.8 Å². The summed E-state index contributed by atoms with van der Waals surface area (Å²) >= 11 is 1.91. The lowest BCUT2D eigenvalue weighted by atomic mass is 9.92. The largest absolute Gasteiger partial charge is 0.396 e. The fourth-order valence-corrected chi connectivity index (χ4v) is 4.14. The first-order valence-electron chi connectivity index (χ1n) is 9.25. The maximum absolute atomic E-state index is 9.28. The van der Waals surface area contributed by atoms with Crippen molar-refractivity contribution in [3.05, 3.63) is 17.5 Å². The molecule has 0 unspecified atom stereocenters. The SMILES string of the molecule is CSCCCN[C@@H]1CCCc2nc(N3CCC(CO)CC3)ncc21. The van der Waals surface area contributed by atoms with E-state index in [2.05, 4.69) is 27.7 Å². The highest BCUT2D eigenvalue weighted by Gasteiger charge is 2.25. The first-order chi connectivity index (χ1) is 11.8. The number of fused-ring (bicyclic) bond motifs is 1. The number of hydrogen-bond donors (Lipinski definition) is 2. The summed E-state index contributed by atoms with van der Waals surface area (Å²) in [5.74, 6) is 2.55. The summed E-state index contributed by atoms with van der Waals surface area (Å²) in [6.45, 7) is 3.30. The second-order valence-corrected chi connectivity index (χ2v) is 7.92. The van der Waals surface area contributed by atoms with Crippen LogP contribution in [0, 0.1) is 5.92 Å². The number of aliphatic hydroxyl groups is 1. The summed E-state index contributed by atoms with van der Waals surface area (Å²) in [5, 5.41) is 13.0. The number of thioether (sulfide) groups is 1. The van der Waals surface area contributed by atoms with Crippen molar-refractivity contribution in [2.24, 2.45) is 5.92 Å². The number of anilines is 1. The lowest BCUT2D eigenvalue weighted by Crippen LogP contribution is -2.36. The fourth-order valence-electron chi connectivity index (χ4n) is 3.71. The third kappa shape index (κ3) is 4.41. The minimum absolute atomic E-state index is 0.308. The topological polar surface area (TPSA) is 61.3 Å². The molecule has 0 aromatic carbocycles. The molecule has 2 N–H and O–H groups in total. The van der Waals surface area contributed by atoms with E-state index < -0.39 is 0 Å². The molecule has 3 rings (SSSR count). The first kappa shape index (κ1) is 18.0. The van der Waals surface area contributed by atoms with E-state index in [1.165, 1.54) is 36.3 Å². The zero-order valence-electron chi connectivity index (χ0n) is 14.7. The summed E-state index contributed by atoms with van der Waals surface area (Å²) in [5.41, 5.74) is 2.54. The van der Waals surface area contributed by atoms with Crippen molar-refractivity contribution in [1.82, 2.24) is 15.3 Å². The number of piperidine rings is 1. The van der Waals surface area contributed by atoms with Crippen molar-refractivity contribution in [3.8, 4) is 0 Å². The minimum atomic E-state index is 0.308. The van der Waals surface area contributed by atoms with E-state index in [9.17, 15) is 5.11 Å². The number of aryl methyl sites for hydroxylation is 1. The molecule has 0 bridgehead atoms. The highest BCUT2D eigenvalue weighted by atomic mass is 32.2. The maximum atomic E-state index is 9.28. The molecule has 6 heteroatoms. The number of aromatic nitrogens is 2. The third-order valence-electron chi connectivity index (χ3n) is 5.24. The van der Waals surface area contributed by atoms with Gasteiger partial charge in [0.1, 0.15) is 0 Å². The van der Waals surface area contributed by atoms with E-state index in [1.807, 2.05) is 11.8 Å². The minimum Gasteiger partial charge on any atom is -0.396 e. The molecule has 1 aromatic rings. The van der Waals surface area contributed by atoms with Crippen molar-refractivity contribution in [2.45, 2.75) is 44.6 Å². The van der Waals surface area contributed by atoms with Crippen LogP contribution in [0.2, 0.25) is 0 Å². The first-order valence-corrected chi connectivity index (χ1v) is 10.6. The third-order valence-corrected chi connectivity index (χ3v) is 5.94. The van der Waals surface area contributed by atoms with Gasteiger partial charge in [-0.2, -0.15) is 11.8 Å². The number of nitrogens with zero attached hydrogens (tertiary/aromatic N) is 3. The molecule has 1 saturated heterocycles. The molecule has 1 aliphatic carbocycles. The Balaban J connectivity index is 1.62. The molecule has 2 aliphatic rings. The van der Waals surface area contributed by atoms with Gasteiger partial charge in [-0.05, 0) is 63.0 Å². The zero-order chi connectivity index (χ0) is 16.8. The summed E-state index contributed by atoms with van der Waals surface area (Å²) in [7, 11) is 0. The summed E-state index contributed by atoms with van der Waals surface area (Å²) in [6, 6.07) is 0.421. The fraction of sp³-hybridized carbons (Fsp3) is 0.778. The second-order valence-electron chi connectivity index (χ2n) is 6.93. The van der Waals surface area contributed by atoms with Gasteiger partial charge in [0, 0.05) is 37.5 Å².